The number of carbonyl (C=O) groups excluding carboxylic acids is 1. The van der Waals surface area contributed by atoms with E-state index in [-0.39, 0.29) is 11.9 Å². The third-order valence-electron chi connectivity index (χ3n) is 3.90. The molecule has 1 N–H and O–H groups in total. The smallest absolute Gasteiger partial charge is 0.237 e. The maximum absolute atomic E-state index is 12.2. The van der Waals surface area contributed by atoms with E-state index in [1.165, 1.54) is 11.1 Å². The van der Waals surface area contributed by atoms with E-state index in [2.05, 4.69) is 41.4 Å². The van der Waals surface area contributed by atoms with Crippen molar-refractivity contribution in [3.63, 3.8) is 0 Å². The van der Waals surface area contributed by atoms with Gasteiger partial charge in [-0.05, 0) is 32.0 Å². The highest BCUT2D eigenvalue weighted by atomic mass is 16.2. The molecule has 0 spiro atoms. The van der Waals surface area contributed by atoms with Crippen molar-refractivity contribution >= 4 is 5.91 Å². The van der Waals surface area contributed by atoms with Gasteiger partial charge in [0.25, 0.3) is 0 Å². The fourth-order valence-electron chi connectivity index (χ4n) is 2.25. The minimum Gasteiger partial charge on any atom is -0.351 e. The maximum Gasteiger partial charge on any atom is 0.237 e. The Morgan fingerprint density at radius 3 is 2.32 bits per heavy atom. The first kappa shape index (κ1) is 16.2. The molecule has 0 saturated carbocycles. The standard InChI is InChI=1S/C19H24N2O/c1-15-9-11-18(12-10-15)14-21(3)16(2)19(22)20-13-17-7-5-4-6-8-17/h4-12,16H,13-14H2,1-3H3,(H,20,22)/t16-/m1/s1. The largest absolute Gasteiger partial charge is 0.351 e. The highest BCUT2D eigenvalue weighted by molar-refractivity contribution is 5.81. The summed E-state index contributed by atoms with van der Waals surface area (Å²) in [4.78, 5) is 14.3. The van der Waals surface area contributed by atoms with Gasteiger partial charge in [-0.25, -0.2) is 0 Å². The van der Waals surface area contributed by atoms with E-state index in [1.807, 2.05) is 44.3 Å². The Balaban J connectivity index is 1.85. The van der Waals surface area contributed by atoms with Crippen molar-refractivity contribution in [2.75, 3.05) is 7.05 Å². The van der Waals surface area contributed by atoms with Gasteiger partial charge in [0.1, 0.15) is 0 Å². The van der Waals surface area contributed by atoms with Crippen LogP contribution < -0.4 is 5.32 Å². The lowest BCUT2D eigenvalue weighted by atomic mass is 10.1. The molecule has 0 unspecified atom stereocenters. The maximum atomic E-state index is 12.2. The highest BCUT2D eigenvalue weighted by Gasteiger charge is 2.17. The van der Waals surface area contributed by atoms with Gasteiger partial charge in [0.2, 0.25) is 5.91 Å². The molecule has 0 aliphatic rings. The van der Waals surface area contributed by atoms with Crippen molar-refractivity contribution in [1.82, 2.24) is 10.2 Å². The zero-order valence-electron chi connectivity index (χ0n) is 13.5. The fraction of sp³-hybridized carbons (Fsp3) is 0.316. The van der Waals surface area contributed by atoms with Crippen LogP contribution in [0.15, 0.2) is 54.6 Å². The number of aryl methyl sites for hydroxylation is 1. The number of nitrogens with zero attached hydrogens (tertiary/aromatic N) is 1. The van der Waals surface area contributed by atoms with Crippen LogP contribution in [-0.4, -0.2) is 23.9 Å². The van der Waals surface area contributed by atoms with E-state index in [0.717, 1.165) is 12.1 Å². The third kappa shape index (κ3) is 4.71. The van der Waals surface area contributed by atoms with Crippen LogP contribution in [0.3, 0.4) is 0 Å². The van der Waals surface area contributed by atoms with Crippen molar-refractivity contribution in [3.8, 4) is 0 Å². The molecule has 0 aliphatic carbocycles. The van der Waals surface area contributed by atoms with Crippen molar-refractivity contribution in [2.24, 2.45) is 0 Å². The molecule has 1 atom stereocenters. The quantitative estimate of drug-likeness (QED) is 0.888. The van der Waals surface area contributed by atoms with Gasteiger partial charge in [0.15, 0.2) is 0 Å². The van der Waals surface area contributed by atoms with Gasteiger partial charge < -0.3 is 5.32 Å². The van der Waals surface area contributed by atoms with Crippen LogP contribution in [0.2, 0.25) is 0 Å². The number of amides is 1. The molecule has 2 aromatic rings. The Bertz CT molecular complexity index is 593. The molecule has 0 saturated heterocycles. The third-order valence-corrected chi connectivity index (χ3v) is 3.90. The van der Waals surface area contributed by atoms with Gasteiger partial charge in [-0.2, -0.15) is 0 Å². The van der Waals surface area contributed by atoms with Crippen molar-refractivity contribution in [3.05, 3.63) is 71.3 Å². The molecule has 22 heavy (non-hydrogen) atoms. The summed E-state index contributed by atoms with van der Waals surface area (Å²) in [5.74, 6) is 0.0541. The van der Waals surface area contributed by atoms with Crippen LogP contribution >= 0.6 is 0 Å². The molecular weight excluding hydrogens is 272 g/mol. The van der Waals surface area contributed by atoms with E-state index in [9.17, 15) is 4.79 Å². The first-order valence-electron chi connectivity index (χ1n) is 7.63. The van der Waals surface area contributed by atoms with Gasteiger partial charge in [-0.3, -0.25) is 9.69 Å². The second-order valence-corrected chi connectivity index (χ2v) is 5.78. The molecule has 0 aromatic heterocycles. The van der Waals surface area contributed by atoms with Crippen molar-refractivity contribution in [2.45, 2.75) is 33.0 Å². The lowest BCUT2D eigenvalue weighted by Crippen LogP contribution is -2.42. The van der Waals surface area contributed by atoms with Crippen LogP contribution in [-0.2, 0) is 17.9 Å². The topological polar surface area (TPSA) is 32.3 Å². The Labute approximate surface area is 133 Å². The van der Waals surface area contributed by atoms with Crippen LogP contribution in [0, 0.1) is 6.92 Å². The Hall–Kier alpha value is -2.13. The number of rotatable bonds is 6. The normalized spacial score (nSPS) is 12.2. The zero-order chi connectivity index (χ0) is 15.9. The summed E-state index contributed by atoms with van der Waals surface area (Å²) < 4.78 is 0. The van der Waals surface area contributed by atoms with E-state index in [1.54, 1.807) is 0 Å². The molecule has 0 aliphatic heterocycles. The van der Waals surface area contributed by atoms with Gasteiger partial charge in [0.05, 0.1) is 6.04 Å². The van der Waals surface area contributed by atoms with Crippen molar-refractivity contribution in [1.29, 1.82) is 0 Å². The van der Waals surface area contributed by atoms with Crippen LogP contribution in [0.25, 0.3) is 0 Å². The number of hydrogen-bond donors (Lipinski definition) is 1. The zero-order valence-corrected chi connectivity index (χ0v) is 13.5. The summed E-state index contributed by atoms with van der Waals surface area (Å²) in [5.41, 5.74) is 3.58. The molecule has 3 heteroatoms. The number of hydrogen-bond acceptors (Lipinski definition) is 2. The van der Waals surface area contributed by atoms with E-state index < -0.39 is 0 Å². The minimum absolute atomic E-state index is 0.0541. The average molecular weight is 296 g/mol. The van der Waals surface area contributed by atoms with Crippen LogP contribution in [0.4, 0.5) is 0 Å². The Morgan fingerprint density at radius 2 is 1.68 bits per heavy atom. The number of nitrogens with one attached hydrogen (secondary N) is 1. The fourth-order valence-corrected chi connectivity index (χ4v) is 2.25. The molecule has 0 heterocycles. The molecule has 2 aromatic carbocycles. The molecule has 0 fully saturated rings. The number of likely N-dealkylation sites (N-methyl/N-ethyl adjacent to an activating group) is 1. The molecule has 2 rings (SSSR count). The van der Waals surface area contributed by atoms with Crippen LogP contribution in [0.1, 0.15) is 23.6 Å². The predicted octanol–water partition coefficient (Wildman–Crippen LogP) is 3.13. The summed E-state index contributed by atoms with van der Waals surface area (Å²) in [7, 11) is 1.98. The predicted molar refractivity (Wildman–Crippen MR) is 90.4 cm³/mol. The van der Waals surface area contributed by atoms with Crippen LogP contribution in [0.5, 0.6) is 0 Å². The van der Waals surface area contributed by atoms with Crippen molar-refractivity contribution < 1.29 is 4.79 Å². The van der Waals surface area contributed by atoms with E-state index >= 15 is 0 Å². The summed E-state index contributed by atoms with van der Waals surface area (Å²) >= 11 is 0. The second-order valence-electron chi connectivity index (χ2n) is 5.78. The SMILES string of the molecule is Cc1ccc(CN(C)[C@H](C)C(=O)NCc2ccccc2)cc1. The summed E-state index contributed by atoms with van der Waals surface area (Å²) in [5, 5.41) is 2.99. The molecule has 1 amide bonds. The number of carbonyl (C=O) groups is 1. The lowest BCUT2D eigenvalue weighted by Gasteiger charge is -2.24. The first-order valence-corrected chi connectivity index (χ1v) is 7.63. The molecule has 0 bridgehead atoms. The molecule has 0 radical (unpaired) electrons. The summed E-state index contributed by atoms with van der Waals surface area (Å²) in [6.07, 6.45) is 0. The van der Waals surface area contributed by atoms with Gasteiger partial charge in [-0.15, -0.1) is 0 Å². The monoisotopic (exact) mass is 296 g/mol. The highest BCUT2D eigenvalue weighted by Crippen LogP contribution is 2.08. The van der Waals surface area contributed by atoms with Gasteiger partial charge in [-0.1, -0.05) is 60.2 Å². The van der Waals surface area contributed by atoms with Gasteiger partial charge in [0, 0.05) is 13.1 Å². The molecule has 3 nitrogen and oxygen atoms in total. The minimum atomic E-state index is -0.162. The summed E-state index contributed by atoms with van der Waals surface area (Å²) in [6.45, 7) is 5.35. The molecule has 116 valence electrons. The lowest BCUT2D eigenvalue weighted by molar-refractivity contribution is -0.125. The summed E-state index contributed by atoms with van der Waals surface area (Å²) in [6, 6.07) is 18.2. The van der Waals surface area contributed by atoms with E-state index in [0.29, 0.717) is 6.54 Å². The Morgan fingerprint density at radius 1 is 1.05 bits per heavy atom. The van der Waals surface area contributed by atoms with E-state index in [4.69, 9.17) is 0 Å². The second kappa shape index (κ2) is 7.76. The Kier molecular flexibility index (Phi) is 5.73. The average Bonchev–Trinajstić information content (AvgIpc) is 2.55. The van der Waals surface area contributed by atoms with Gasteiger partial charge >= 0.3 is 0 Å². The number of benzene rings is 2. The first-order chi connectivity index (χ1) is 10.6. The molecular formula is C19H24N2O.